The van der Waals surface area contributed by atoms with Crippen LogP contribution in [0.4, 0.5) is 0 Å². The Kier molecular flexibility index (Phi) is 4.44. The number of allylic oxidation sites excluding steroid dienone is 1. The molecule has 2 aliphatic heterocycles. The number of hydrazone groups is 2. The topological polar surface area (TPSA) is 57.5 Å². The molecule has 0 fully saturated rings. The van der Waals surface area contributed by atoms with Crippen molar-refractivity contribution in [2.45, 2.75) is 27.7 Å². The summed E-state index contributed by atoms with van der Waals surface area (Å²) in [5.74, 6) is 1.95. The van der Waals surface area contributed by atoms with E-state index in [2.05, 4.69) is 16.8 Å². The molecule has 3 rings (SSSR count). The van der Waals surface area contributed by atoms with Gasteiger partial charge < -0.3 is 4.74 Å². The molecule has 0 aromatic heterocycles. The Balaban J connectivity index is 1.81. The molecule has 0 unspecified atom stereocenters. The standard InChI is InChI=1S/C19H22N4O2/c1-6-25-17-8-12(2)7-16(10-17)18(24)11-22-15(5)23-19(21-22)13(3)9-14(4)20-23/h7-10H,5-6,11H2,1-4H3. The molecule has 2 heterocycles. The van der Waals surface area contributed by atoms with Gasteiger partial charge in [-0.2, -0.15) is 15.2 Å². The van der Waals surface area contributed by atoms with Crippen LogP contribution in [0.5, 0.6) is 5.75 Å². The molecule has 2 aliphatic rings. The Bertz CT molecular complexity index is 836. The lowest BCUT2D eigenvalue weighted by Crippen LogP contribution is -2.29. The first-order chi connectivity index (χ1) is 11.9. The Morgan fingerprint density at radius 3 is 2.68 bits per heavy atom. The molecule has 0 atom stereocenters. The predicted octanol–water partition coefficient (Wildman–Crippen LogP) is 3.31. The summed E-state index contributed by atoms with van der Waals surface area (Å²) in [6.45, 7) is 12.4. The monoisotopic (exact) mass is 338 g/mol. The lowest BCUT2D eigenvalue weighted by Gasteiger charge is -2.21. The molecule has 0 saturated carbocycles. The van der Waals surface area contributed by atoms with Crippen LogP contribution >= 0.6 is 0 Å². The van der Waals surface area contributed by atoms with Crippen LogP contribution in [0.25, 0.3) is 0 Å². The first-order valence-electron chi connectivity index (χ1n) is 8.25. The molecule has 0 saturated heterocycles. The largest absolute Gasteiger partial charge is 0.494 e. The van der Waals surface area contributed by atoms with E-state index >= 15 is 0 Å². The van der Waals surface area contributed by atoms with Crippen LogP contribution in [0.2, 0.25) is 0 Å². The highest BCUT2D eigenvalue weighted by molar-refractivity contribution is 6.09. The van der Waals surface area contributed by atoms with Crippen molar-refractivity contribution in [3.63, 3.8) is 0 Å². The van der Waals surface area contributed by atoms with E-state index in [4.69, 9.17) is 4.74 Å². The molecule has 0 bridgehead atoms. The van der Waals surface area contributed by atoms with Crippen molar-refractivity contribution in [2.24, 2.45) is 10.2 Å². The van der Waals surface area contributed by atoms with Gasteiger partial charge in [0.15, 0.2) is 11.6 Å². The van der Waals surface area contributed by atoms with Crippen LogP contribution < -0.4 is 4.74 Å². The van der Waals surface area contributed by atoms with Crippen LogP contribution in [0.1, 0.15) is 36.7 Å². The number of aryl methyl sites for hydroxylation is 1. The second-order valence-corrected chi connectivity index (χ2v) is 6.17. The van der Waals surface area contributed by atoms with Crippen LogP contribution in [0.15, 0.2) is 52.5 Å². The average Bonchev–Trinajstić information content (AvgIpc) is 2.84. The van der Waals surface area contributed by atoms with E-state index in [9.17, 15) is 4.79 Å². The molecule has 0 radical (unpaired) electrons. The first-order valence-corrected chi connectivity index (χ1v) is 8.25. The van der Waals surface area contributed by atoms with Gasteiger partial charge in [-0.1, -0.05) is 6.58 Å². The molecule has 25 heavy (non-hydrogen) atoms. The van der Waals surface area contributed by atoms with Crippen LogP contribution in [-0.4, -0.2) is 40.5 Å². The summed E-state index contributed by atoms with van der Waals surface area (Å²) in [7, 11) is 0. The van der Waals surface area contributed by atoms with Gasteiger partial charge in [0, 0.05) is 5.56 Å². The summed E-state index contributed by atoms with van der Waals surface area (Å²) >= 11 is 0. The Labute approximate surface area is 147 Å². The number of hydrogen-bond acceptors (Lipinski definition) is 6. The minimum Gasteiger partial charge on any atom is -0.494 e. The van der Waals surface area contributed by atoms with E-state index in [1.165, 1.54) is 0 Å². The number of ether oxygens (including phenoxy) is 1. The SMILES string of the molecule is C=C1N(CC(=O)c2cc(C)cc(OCC)c2)N=C2C(C)=CC(C)=NN12. The number of hydrogen-bond donors (Lipinski definition) is 0. The molecule has 6 nitrogen and oxygen atoms in total. The summed E-state index contributed by atoms with van der Waals surface area (Å²) in [5, 5.41) is 12.2. The summed E-state index contributed by atoms with van der Waals surface area (Å²) in [6, 6.07) is 5.55. The first kappa shape index (κ1) is 17.0. The number of amidine groups is 1. The van der Waals surface area contributed by atoms with Gasteiger partial charge in [-0.25, -0.2) is 5.01 Å². The normalized spacial score (nSPS) is 16.3. The van der Waals surface area contributed by atoms with Gasteiger partial charge in [-0.05, 0) is 63.1 Å². The lowest BCUT2D eigenvalue weighted by molar-refractivity contribution is 0.0947. The zero-order valence-electron chi connectivity index (χ0n) is 15.0. The van der Waals surface area contributed by atoms with Crippen molar-refractivity contribution < 1.29 is 9.53 Å². The van der Waals surface area contributed by atoms with Gasteiger partial charge in [0.1, 0.15) is 18.1 Å². The maximum atomic E-state index is 12.7. The number of carbonyl (C=O) groups is 1. The second-order valence-electron chi connectivity index (χ2n) is 6.17. The molecule has 130 valence electrons. The van der Waals surface area contributed by atoms with Gasteiger partial charge in [0.25, 0.3) is 0 Å². The fourth-order valence-corrected chi connectivity index (χ4v) is 2.87. The highest BCUT2D eigenvalue weighted by Gasteiger charge is 2.31. The second kappa shape index (κ2) is 6.55. The maximum absolute atomic E-state index is 12.7. The van der Waals surface area contributed by atoms with Crippen molar-refractivity contribution in [3.05, 3.63) is 53.4 Å². The summed E-state index contributed by atoms with van der Waals surface area (Å²) in [5.41, 5.74) is 3.47. The fourth-order valence-electron chi connectivity index (χ4n) is 2.87. The van der Waals surface area contributed by atoms with E-state index in [1.807, 2.05) is 45.9 Å². The fraction of sp³-hybridized carbons (Fsp3) is 0.316. The molecule has 1 aromatic rings. The highest BCUT2D eigenvalue weighted by Crippen LogP contribution is 2.26. The third kappa shape index (κ3) is 3.33. The summed E-state index contributed by atoms with van der Waals surface area (Å²) < 4.78 is 5.53. The predicted molar refractivity (Wildman–Crippen MR) is 98.7 cm³/mol. The Morgan fingerprint density at radius 1 is 1.20 bits per heavy atom. The van der Waals surface area contributed by atoms with E-state index in [0.717, 1.165) is 16.8 Å². The minimum absolute atomic E-state index is 0.0441. The smallest absolute Gasteiger partial charge is 0.184 e. The van der Waals surface area contributed by atoms with Crippen LogP contribution in [0, 0.1) is 6.92 Å². The number of benzene rings is 1. The average molecular weight is 338 g/mol. The third-order valence-corrected chi connectivity index (χ3v) is 3.97. The number of Topliss-reactive ketones (excluding diaryl/α,β-unsaturated/α-hetero) is 1. The van der Waals surface area contributed by atoms with Crippen LogP contribution in [-0.2, 0) is 0 Å². The lowest BCUT2D eigenvalue weighted by atomic mass is 10.1. The number of fused-ring (bicyclic) bond motifs is 1. The molecule has 0 aliphatic carbocycles. The molecular weight excluding hydrogens is 316 g/mol. The van der Waals surface area contributed by atoms with E-state index in [1.54, 1.807) is 16.1 Å². The summed E-state index contributed by atoms with van der Waals surface area (Å²) in [6.07, 6.45) is 1.96. The van der Waals surface area contributed by atoms with Gasteiger partial charge >= 0.3 is 0 Å². The Morgan fingerprint density at radius 2 is 1.96 bits per heavy atom. The van der Waals surface area contributed by atoms with E-state index in [0.29, 0.717) is 29.6 Å². The van der Waals surface area contributed by atoms with Gasteiger partial charge in [-0.3, -0.25) is 4.79 Å². The molecule has 0 amide bonds. The maximum Gasteiger partial charge on any atom is 0.184 e. The zero-order chi connectivity index (χ0) is 18.1. The van der Waals surface area contributed by atoms with Crippen molar-refractivity contribution >= 4 is 17.3 Å². The number of nitrogens with zero attached hydrogens (tertiary/aromatic N) is 4. The number of carbonyl (C=O) groups excluding carboxylic acids is 1. The van der Waals surface area contributed by atoms with Gasteiger partial charge in [-0.15, -0.1) is 0 Å². The summed E-state index contributed by atoms with van der Waals surface area (Å²) in [4.78, 5) is 12.7. The van der Waals surface area contributed by atoms with Crippen molar-refractivity contribution in [3.8, 4) is 5.75 Å². The Hall–Kier alpha value is -2.89. The van der Waals surface area contributed by atoms with Gasteiger partial charge in [0.05, 0.1) is 12.3 Å². The van der Waals surface area contributed by atoms with Crippen molar-refractivity contribution in [1.82, 2.24) is 10.0 Å². The zero-order valence-corrected chi connectivity index (χ0v) is 15.0. The molecule has 0 N–H and O–H groups in total. The molecular formula is C19H22N4O2. The molecule has 0 spiro atoms. The third-order valence-electron chi connectivity index (χ3n) is 3.97. The minimum atomic E-state index is -0.0441. The quantitative estimate of drug-likeness (QED) is 0.773. The van der Waals surface area contributed by atoms with Crippen molar-refractivity contribution in [1.29, 1.82) is 0 Å². The van der Waals surface area contributed by atoms with E-state index in [-0.39, 0.29) is 12.3 Å². The highest BCUT2D eigenvalue weighted by atomic mass is 16.5. The van der Waals surface area contributed by atoms with Crippen LogP contribution in [0.3, 0.4) is 0 Å². The van der Waals surface area contributed by atoms with Gasteiger partial charge in [0.2, 0.25) is 0 Å². The number of ketones is 1. The molecule has 1 aromatic carbocycles. The van der Waals surface area contributed by atoms with E-state index < -0.39 is 0 Å². The number of rotatable bonds is 5. The van der Waals surface area contributed by atoms with Crippen molar-refractivity contribution in [2.75, 3.05) is 13.2 Å². The molecule has 6 heteroatoms.